The molecule has 0 amide bonds. The molecular weight excluding hydrogens is 224 g/mol. The maximum absolute atomic E-state index is 4.90. The predicted molar refractivity (Wildman–Crippen MR) is 81.7 cm³/mol. The summed E-state index contributed by atoms with van der Waals surface area (Å²) in [7, 11) is 0. The van der Waals surface area contributed by atoms with Gasteiger partial charge in [-0.15, -0.1) is 0 Å². The quantitative estimate of drug-likeness (QED) is 0.610. The highest BCUT2D eigenvalue weighted by Crippen LogP contribution is 2.54. The first-order valence-electron chi connectivity index (χ1n) is 7.46. The molecule has 0 heterocycles. The maximum Gasteiger partial charge on any atom is 0.0107 e. The third-order valence-corrected chi connectivity index (χ3v) is 5.58. The molecular formula is C16H32S. The molecule has 17 heavy (non-hydrogen) atoms. The van der Waals surface area contributed by atoms with Crippen LogP contribution in [0.1, 0.15) is 73.6 Å². The Balaban J connectivity index is 2.86. The van der Waals surface area contributed by atoms with Crippen molar-refractivity contribution in [1.29, 1.82) is 0 Å². The first-order valence-corrected chi connectivity index (χ1v) is 7.91. The van der Waals surface area contributed by atoms with Gasteiger partial charge in [0, 0.05) is 4.75 Å². The van der Waals surface area contributed by atoms with E-state index in [2.05, 4.69) is 41.5 Å². The summed E-state index contributed by atoms with van der Waals surface area (Å²) in [5, 5.41) is 0. The summed E-state index contributed by atoms with van der Waals surface area (Å²) in [4.78, 5) is 0. The maximum atomic E-state index is 4.90. The molecule has 1 aliphatic carbocycles. The lowest BCUT2D eigenvalue weighted by Crippen LogP contribution is -2.30. The lowest BCUT2D eigenvalue weighted by atomic mass is 9.67. The lowest BCUT2D eigenvalue weighted by molar-refractivity contribution is 0.116. The normalized spacial score (nSPS) is 34.6. The van der Waals surface area contributed by atoms with E-state index in [0.29, 0.717) is 5.41 Å². The number of hydrogen-bond donors (Lipinski definition) is 1. The van der Waals surface area contributed by atoms with Gasteiger partial charge in [-0.1, -0.05) is 54.4 Å². The van der Waals surface area contributed by atoms with Crippen molar-refractivity contribution in [3.8, 4) is 0 Å². The summed E-state index contributed by atoms with van der Waals surface area (Å²) in [5.74, 6) is 2.59. The van der Waals surface area contributed by atoms with Crippen LogP contribution in [0.2, 0.25) is 0 Å². The van der Waals surface area contributed by atoms with Crippen LogP contribution in [0.5, 0.6) is 0 Å². The molecule has 0 aromatic heterocycles. The summed E-state index contributed by atoms with van der Waals surface area (Å²) >= 11 is 4.90. The summed E-state index contributed by atoms with van der Waals surface area (Å²) < 4.78 is 0.274. The second-order valence-electron chi connectivity index (χ2n) is 7.26. The van der Waals surface area contributed by atoms with Crippen molar-refractivity contribution < 1.29 is 0 Å². The van der Waals surface area contributed by atoms with E-state index in [1.807, 2.05) is 0 Å². The fraction of sp³-hybridized carbons (Fsp3) is 1.00. The molecule has 0 N–H and O–H groups in total. The van der Waals surface area contributed by atoms with Gasteiger partial charge in [0.05, 0.1) is 0 Å². The molecule has 0 radical (unpaired) electrons. The molecule has 0 bridgehead atoms. The van der Waals surface area contributed by atoms with Gasteiger partial charge >= 0.3 is 0 Å². The molecule has 3 atom stereocenters. The fourth-order valence-electron chi connectivity index (χ4n) is 3.87. The van der Waals surface area contributed by atoms with E-state index in [1.54, 1.807) is 0 Å². The highest BCUT2D eigenvalue weighted by molar-refractivity contribution is 7.81. The Kier molecular flexibility index (Phi) is 5.03. The second kappa shape index (κ2) is 5.55. The lowest BCUT2D eigenvalue weighted by Gasteiger charge is -2.38. The van der Waals surface area contributed by atoms with E-state index >= 15 is 0 Å². The second-order valence-corrected chi connectivity index (χ2v) is 8.34. The van der Waals surface area contributed by atoms with Crippen molar-refractivity contribution >= 4 is 12.6 Å². The minimum absolute atomic E-state index is 0.274. The van der Waals surface area contributed by atoms with Crippen LogP contribution in [0, 0.1) is 23.2 Å². The average molecular weight is 256 g/mol. The van der Waals surface area contributed by atoms with Crippen molar-refractivity contribution in [3.63, 3.8) is 0 Å². The van der Waals surface area contributed by atoms with Gasteiger partial charge in [-0.05, 0) is 42.4 Å². The minimum Gasteiger partial charge on any atom is -0.173 e. The first kappa shape index (κ1) is 15.4. The first-order chi connectivity index (χ1) is 7.74. The zero-order chi connectivity index (χ0) is 13.3. The number of thiol groups is 1. The molecule has 3 unspecified atom stereocenters. The predicted octanol–water partition coefficient (Wildman–Crippen LogP) is 5.57. The molecule has 1 aliphatic rings. The molecule has 1 saturated carbocycles. The van der Waals surface area contributed by atoms with E-state index < -0.39 is 0 Å². The van der Waals surface area contributed by atoms with Crippen molar-refractivity contribution in [3.05, 3.63) is 0 Å². The van der Waals surface area contributed by atoms with Gasteiger partial charge < -0.3 is 0 Å². The standard InChI is InChI=1S/C16H32S/c1-7-15(5,8-2)14-11-16(6,17)10-13(14)9-12(3)4/h12-14,17H,7-11H2,1-6H3. The smallest absolute Gasteiger partial charge is 0.0107 e. The fourth-order valence-corrected chi connectivity index (χ4v) is 4.30. The van der Waals surface area contributed by atoms with Gasteiger partial charge in [-0.3, -0.25) is 0 Å². The van der Waals surface area contributed by atoms with Crippen LogP contribution in [-0.4, -0.2) is 4.75 Å². The van der Waals surface area contributed by atoms with Crippen molar-refractivity contribution in [2.45, 2.75) is 78.4 Å². The Morgan fingerprint density at radius 3 is 2.18 bits per heavy atom. The van der Waals surface area contributed by atoms with Crippen LogP contribution in [0.3, 0.4) is 0 Å². The van der Waals surface area contributed by atoms with Crippen molar-refractivity contribution in [2.75, 3.05) is 0 Å². The van der Waals surface area contributed by atoms with Crippen LogP contribution >= 0.6 is 12.6 Å². The molecule has 0 aliphatic heterocycles. The van der Waals surface area contributed by atoms with Gasteiger partial charge in [-0.25, -0.2) is 0 Å². The van der Waals surface area contributed by atoms with Crippen LogP contribution in [0.15, 0.2) is 0 Å². The van der Waals surface area contributed by atoms with Crippen molar-refractivity contribution in [1.82, 2.24) is 0 Å². The van der Waals surface area contributed by atoms with Gasteiger partial charge in [0.25, 0.3) is 0 Å². The van der Waals surface area contributed by atoms with E-state index in [0.717, 1.165) is 17.8 Å². The Morgan fingerprint density at radius 1 is 1.24 bits per heavy atom. The monoisotopic (exact) mass is 256 g/mol. The topological polar surface area (TPSA) is 0 Å². The van der Waals surface area contributed by atoms with Crippen LogP contribution < -0.4 is 0 Å². The average Bonchev–Trinajstić information content (AvgIpc) is 2.52. The van der Waals surface area contributed by atoms with Crippen molar-refractivity contribution in [2.24, 2.45) is 23.2 Å². The van der Waals surface area contributed by atoms with Crippen LogP contribution in [-0.2, 0) is 0 Å². The third-order valence-electron chi connectivity index (χ3n) is 5.22. The summed E-state index contributed by atoms with van der Waals surface area (Å²) in [6, 6.07) is 0. The van der Waals surface area contributed by atoms with Gasteiger partial charge in [0.15, 0.2) is 0 Å². The van der Waals surface area contributed by atoms with Gasteiger partial charge in [0.2, 0.25) is 0 Å². The Hall–Kier alpha value is 0.350. The Labute approximate surface area is 114 Å². The molecule has 102 valence electrons. The Morgan fingerprint density at radius 2 is 1.76 bits per heavy atom. The number of rotatable bonds is 5. The largest absolute Gasteiger partial charge is 0.173 e. The van der Waals surface area contributed by atoms with Gasteiger partial charge in [-0.2, -0.15) is 12.6 Å². The summed E-state index contributed by atoms with van der Waals surface area (Å²) in [6.07, 6.45) is 6.63. The Bertz CT molecular complexity index is 238. The third kappa shape index (κ3) is 3.66. The molecule has 0 spiro atoms. The highest BCUT2D eigenvalue weighted by Gasteiger charge is 2.46. The summed E-state index contributed by atoms with van der Waals surface area (Å²) in [5.41, 5.74) is 0.528. The summed E-state index contributed by atoms with van der Waals surface area (Å²) in [6.45, 7) is 14.3. The zero-order valence-corrected chi connectivity index (χ0v) is 13.6. The zero-order valence-electron chi connectivity index (χ0n) is 12.7. The van der Waals surface area contributed by atoms with Crippen LogP contribution in [0.4, 0.5) is 0 Å². The molecule has 1 fully saturated rings. The molecule has 1 heteroatoms. The highest BCUT2D eigenvalue weighted by atomic mass is 32.1. The van der Waals surface area contributed by atoms with E-state index in [1.165, 1.54) is 32.1 Å². The van der Waals surface area contributed by atoms with E-state index in [-0.39, 0.29) is 4.75 Å². The van der Waals surface area contributed by atoms with E-state index in [4.69, 9.17) is 12.6 Å². The minimum atomic E-state index is 0.274. The number of hydrogen-bond acceptors (Lipinski definition) is 1. The molecule has 0 saturated heterocycles. The molecule has 0 aromatic rings. The SMILES string of the molecule is CCC(C)(CC)C1CC(C)(S)CC1CC(C)C. The molecule has 0 aromatic carbocycles. The van der Waals surface area contributed by atoms with Crippen LogP contribution in [0.25, 0.3) is 0 Å². The van der Waals surface area contributed by atoms with E-state index in [9.17, 15) is 0 Å². The van der Waals surface area contributed by atoms with Gasteiger partial charge in [0.1, 0.15) is 0 Å². The molecule has 0 nitrogen and oxygen atoms in total. The molecule has 1 rings (SSSR count).